The van der Waals surface area contributed by atoms with Crippen LogP contribution in [0.1, 0.15) is 57.9 Å². The number of benzene rings is 1. The highest BCUT2D eigenvalue weighted by Crippen LogP contribution is 2.21. The van der Waals surface area contributed by atoms with E-state index in [4.69, 9.17) is 0 Å². The van der Waals surface area contributed by atoms with Gasteiger partial charge in [0.25, 0.3) is 0 Å². The van der Waals surface area contributed by atoms with Gasteiger partial charge >= 0.3 is 0 Å². The van der Waals surface area contributed by atoms with Crippen molar-refractivity contribution in [3.63, 3.8) is 0 Å². The molecule has 5 heteroatoms. The van der Waals surface area contributed by atoms with Crippen LogP contribution in [0.5, 0.6) is 0 Å². The number of aryl methyl sites for hydroxylation is 1. The molecule has 2 amide bonds. The average molecular weight is 363 g/mol. The Balaban J connectivity index is 1.87. The molecule has 1 aromatic carbocycles. The van der Waals surface area contributed by atoms with Gasteiger partial charge in [-0.05, 0) is 43.4 Å². The second kappa shape index (κ2) is 10.5. The SMILES string of the molecule is CCCCc1ccc(SCC(NC(C)=O)C(=O)NC2CCCC2)cc1. The highest BCUT2D eigenvalue weighted by atomic mass is 32.2. The Hall–Kier alpha value is -1.49. The van der Waals surface area contributed by atoms with Crippen molar-refractivity contribution in [1.82, 2.24) is 10.6 Å². The van der Waals surface area contributed by atoms with E-state index in [2.05, 4.69) is 41.8 Å². The van der Waals surface area contributed by atoms with Crippen LogP contribution in [-0.2, 0) is 16.0 Å². The lowest BCUT2D eigenvalue weighted by Crippen LogP contribution is -2.50. The molecule has 1 aliphatic rings. The number of carbonyl (C=O) groups is 2. The van der Waals surface area contributed by atoms with Gasteiger partial charge in [-0.2, -0.15) is 0 Å². The molecule has 25 heavy (non-hydrogen) atoms. The number of unbranched alkanes of at least 4 members (excludes halogenated alkanes) is 1. The normalized spacial score (nSPS) is 15.8. The molecule has 1 aliphatic carbocycles. The monoisotopic (exact) mass is 362 g/mol. The van der Waals surface area contributed by atoms with E-state index < -0.39 is 6.04 Å². The molecule has 138 valence electrons. The third-order valence-electron chi connectivity index (χ3n) is 4.55. The fourth-order valence-corrected chi connectivity index (χ4v) is 4.04. The maximum atomic E-state index is 12.5. The summed E-state index contributed by atoms with van der Waals surface area (Å²) in [6.07, 6.45) is 7.96. The zero-order valence-electron chi connectivity index (χ0n) is 15.3. The van der Waals surface area contributed by atoms with Gasteiger partial charge in [-0.15, -0.1) is 11.8 Å². The summed E-state index contributed by atoms with van der Waals surface area (Å²) in [5.41, 5.74) is 1.35. The topological polar surface area (TPSA) is 58.2 Å². The smallest absolute Gasteiger partial charge is 0.243 e. The number of amides is 2. The van der Waals surface area contributed by atoms with Crippen LogP contribution in [-0.4, -0.2) is 29.7 Å². The van der Waals surface area contributed by atoms with Crippen LogP contribution in [0.2, 0.25) is 0 Å². The molecule has 1 unspecified atom stereocenters. The molecule has 0 saturated heterocycles. The van der Waals surface area contributed by atoms with Gasteiger partial charge < -0.3 is 10.6 Å². The van der Waals surface area contributed by atoms with Crippen LogP contribution in [0.25, 0.3) is 0 Å². The largest absolute Gasteiger partial charge is 0.352 e. The Labute approximate surface area is 155 Å². The zero-order valence-corrected chi connectivity index (χ0v) is 16.2. The maximum Gasteiger partial charge on any atom is 0.243 e. The fraction of sp³-hybridized carbons (Fsp3) is 0.600. The molecule has 2 rings (SSSR count). The molecule has 0 bridgehead atoms. The van der Waals surface area contributed by atoms with Crippen molar-refractivity contribution < 1.29 is 9.59 Å². The van der Waals surface area contributed by atoms with Gasteiger partial charge in [0.15, 0.2) is 0 Å². The van der Waals surface area contributed by atoms with E-state index in [1.165, 1.54) is 38.2 Å². The van der Waals surface area contributed by atoms with Crippen molar-refractivity contribution in [1.29, 1.82) is 0 Å². The summed E-state index contributed by atoms with van der Waals surface area (Å²) in [7, 11) is 0. The van der Waals surface area contributed by atoms with Crippen LogP contribution in [0.15, 0.2) is 29.2 Å². The van der Waals surface area contributed by atoms with Gasteiger partial charge in [0, 0.05) is 23.6 Å². The second-order valence-corrected chi connectivity index (χ2v) is 7.89. The third-order valence-corrected chi connectivity index (χ3v) is 5.66. The first-order chi connectivity index (χ1) is 12.1. The Morgan fingerprint density at radius 2 is 1.88 bits per heavy atom. The van der Waals surface area contributed by atoms with E-state index in [-0.39, 0.29) is 17.9 Å². The predicted octanol–water partition coefficient (Wildman–Crippen LogP) is 3.68. The minimum Gasteiger partial charge on any atom is -0.352 e. The first-order valence-corrected chi connectivity index (χ1v) is 10.4. The second-order valence-electron chi connectivity index (χ2n) is 6.80. The van der Waals surface area contributed by atoms with E-state index in [0.717, 1.165) is 24.2 Å². The van der Waals surface area contributed by atoms with Gasteiger partial charge in [-0.25, -0.2) is 0 Å². The average Bonchev–Trinajstić information content (AvgIpc) is 3.10. The van der Waals surface area contributed by atoms with Crippen LogP contribution in [0, 0.1) is 0 Å². The summed E-state index contributed by atoms with van der Waals surface area (Å²) in [4.78, 5) is 25.1. The van der Waals surface area contributed by atoms with Crippen molar-refractivity contribution in [2.24, 2.45) is 0 Å². The van der Waals surface area contributed by atoms with Crippen LogP contribution in [0.4, 0.5) is 0 Å². The number of nitrogens with one attached hydrogen (secondary N) is 2. The molecule has 1 atom stereocenters. The Morgan fingerprint density at radius 3 is 2.48 bits per heavy atom. The summed E-state index contributed by atoms with van der Waals surface area (Å²) in [6.45, 7) is 3.66. The first-order valence-electron chi connectivity index (χ1n) is 9.37. The van der Waals surface area contributed by atoms with E-state index >= 15 is 0 Å². The van der Waals surface area contributed by atoms with E-state index in [0.29, 0.717) is 5.75 Å². The Kier molecular flexibility index (Phi) is 8.32. The lowest BCUT2D eigenvalue weighted by atomic mass is 10.1. The first kappa shape index (κ1) is 19.8. The van der Waals surface area contributed by atoms with Crippen molar-refractivity contribution in [2.75, 3.05) is 5.75 Å². The number of thioether (sulfide) groups is 1. The highest BCUT2D eigenvalue weighted by Gasteiger charge is 2.24. The quantitative estimate of drug-likeness (QED) is 0.659. The molecule has 0 heterocycles. The number of hydrogen-bond acceptors (Lipinski definition) is 3. The highest BCUT2D eigenvalue weighted by molar-refractivity contribution is 7.99. The summed E-state index contributed by atoms with van der Waals surface area (Å²) in [5.74, 6) is 0.322. The molecular formula is C20H30N2O2S. The van der Waals surface area contributed by atoms with Crippen molar-refractivity contribution in [2.45, 2.75) is 75.8 Å². The van der Waals surface area contributed by atoms with Crippen molar-refractivity contribution in [3.8, 4) is 0 Å². The van der Waals surface area contributed by atoms with E-state index in [1.807, 2.05) is 0 Å². The molecule has 2 N–H and O–H groups in total. The molecule has 1 aromatic rings. The minimum absolute atomic E-state index is 0.0610. The van der Waals surface area contributed by atoms with Gasteiger partial charge in [0.1, 0.15) is 6.04 Å². The van der Waals surface area contributed by atoms with E-state index in [9.17, 15) is 9.59 Å². The number of rotatable bonds is 9. The van der Waals surface area contributed by atoms with Gasteiger partial charge in [0.05, 0.1) is 0 Å². The fourth-order valence-electron chi connectivity index (χ4n) is 3.11. The summed E-state index contributed by atoms with van der Waals surface area (Å²) >= 11 is 1.61. The molecule has 0 aromatic heterocycles. The summed E-state index contributed by atoms with van der Waals surface area (Å²) in [5, 5.41) is 5.88. The summed E-state index contributed by atoms with van der Waals surface area (Å²) in [6, 6.07) is 8.31. The van der Waals surface area contributed by atoms with Crippen LogP contribution < -0.4 is 10.6 Å². The van der Waals surface area contributed by atoms with Gasteiger partial charge in [-0.3, -0.25) is 9.59 Å². The molecule has 1 saturated carbocycles. The van der Waals surface area contributed by atoms with Gasteiger partial charge in [0.2, 0.25) is 11.8 Å². The Morgan fingerprint density at radius 1 is 1.20 bits per heavy atom. The van der Waals surface area contributed by atoms with Crippen LogP contribution in [0.3, 0.4) is 0 Å². The van der Waals surface area contributed by atoms with Crippen molar-refractivity contribution in [3.05, 3.63) is 29.8 Å². The maximum absolute atomic E-state index is 12.5. The molecule has 1 fully saturated rings. The molecule has 0 aliphatic heterocycles. The van der Waals surface area contributed by atoms with E-state index in [1.54, 1.807) is 11.8 Å². The molecule has 0 radical (unpaired) electrons. The lowest BCUT2D eigenvalue weighted by Gasteiger charge is -2.20. The molecule has 0 spiro atoms. The third kappa shape index (κ3) is 7.10. The lowest BCUT2D eigenvalue weighted by molar-refractivity contribution is -0.127. The predicted molar refractivity (Wildman–Crippen MR) is 104 cm³/mol. The summed E-state index contributed by atoms with van der Waals surface area (Å²) < 4.78 is 0. The zero-order chi connectivity index (χ0) is 18.1. The molecular weight excluding hydrogens is 332 g/mol. The standard InChI is InChI=1S/C20H30N2O2S/c1-3-4-7-16-10-12-18(13-11-16)25-14-19(21-15(2)23)20(24)22-17-8-5-6-9-17/h10-13,17,19H,3-9,14H2,1-2H3,(H,21,23)(H,22,24). The molecule has 4 nitrogen and oxygen atoms in total. The van der Waals surface area contributed by atoms with Gasteiger partial charge in [-0.1, -0.05) is 38.3 Å². The minimum atomic E-state index is -0.483. The number of carbonyl (C=O) groups excluding carboxylic acids is 2. The van der Waals surface area contributed by atoms with Crippen LogP contribution >= 0.6 is 11.8 Å². The number of hydrogen-bond donors (Lipinski definition) is 2. The van der Waals surface area contributed by atoms with Crippen molar-refractivity contribution >= 4 is 23.6 Å². The Bertz CT molecular complexity index is 553.